The summed E-state index contributed by atoms with van der Waals surface area (Å²) in [6.07, 6.45) is 0.281. The molecular formula is C25H22N2O5. The summed E-state index contributed by atoms with van der Waals surface area (Å²) in [6, 6.07) is 18.8. The van der Waals surface area contributed by atoms with Crippen LogP contribution >= 0.6 is 0 Å². The minimum absolute atomic E-state index is 0.103. The Morgan fingerprint density at radius 2 is 1.75 bits per heavy atom. The summed E-state index contributed by atoms with van der Waals surface area (Å²) in [4.78, 5) is 50.1. The molecule has 1 aliphatic heterocycles. The first-order valence-electron chi connectivity index (χ1n) is 10.3. The van der Waals surface area contributed by atoms with E-state index in [0.717, 1.165) is 21.9 Å². The molecule has 32 heavy (non-hydrogen) atoms. The minimum Gasteiger partial charge on any atom is -0.481 e. The molecule has 0 aliphatic carbocycles. The van der Waals surface area contributed by atoms with Gasteiger partial charge in [-0.3, -0.25) is 19.3 Å². The van der Waals surface area contributed by atoms with Gasteiger partial charge >= 0.3 is 5.97 Å². The van der Waals surface area contributed by atoms with Crippen molar-refractivity contribution in [3.8, 4) is 0 Å². The molecule has 3 aromatic carbocycles. The molecule has 162 valence electrons. The predicted octanol–water partition coefficient (Wildman–Crippen LogP) is 2.50. The van der Waals surface area contributed by atoms with E-state index >= 15 is 0 Å². The van der Waals surface area contributed by atoms with E-state index in [4.69, 9.17) is 5.11 Å². The molecule has 1 aliphatic rings. The van der Waals surface area contributed by atoms with Crippen molar-refractivity contribution >= 4 is 40.5 Å². The van der Waals surface area contributed by atoms with Crippen molar-refractivity contribution in [1.29, 1.82) is 0 Å². The number of anilines is 1. The monoisotopic (exact) mass is 430 g/mol. The molecule has 2 atom stereocenters. The molecule has 2 N–H and O–H groups in total. The number of hydrogen-bond donors (Lipinski definition) is 2. The summed E-state index contributed by atoms with van der Waals surface area (Å²) < 4.78 is 0. The number of benzene rings is 3. The summed E-state index contributed by atoms with van der Waals surface area (Å²) in [5, 5.41) is 13.4. The number of carboxylic acids is 1. The fourth-order valence-electron chi connectivity index (χ4n) is 4.20. The lowest BCUT2D eigenvalue weighted by molar-refractivity contribution is -0.139. The molecule has 1 heterocycles. The second-order valence-corrected chi connectivity index (χ2v) is 7.78. The van der Waals surface area contributed by atoms with Crippen LogP contribution in [0.5, 0.6) is 0 Å². The number of carbonyl (C=O) groups excluding carboxylic acids is 3. The fourth-order valence-corrected chi connectivity index (χ4v) is 4.20. The Morgan fingerprint density at radius 3 is 2.53 bits per heavy atom. The number of aldehydes is 1. The van der Waals surface area contributed by atoms with Crippen LogP contribution in [-0.2, 0) is 32.0 Å². The number of aliphatic carboxylic acids is 1. The molecular weight excluding hydrogens is 408 g/mol. The first-order chi connectivity index (χ1) is 15.5. The first-order valence-corrected chi connectivity index (χ1v) is 10.3. The van der Waals surface area contributed by atoms with Crippen LogP contribution in [0.15, 0.2) is 66.7 Å². The Labute approximate surface area is 184 Å². The van der Waals surface area contributed by atoms with E-state index in [1.54, 1.807) is 12.1 Å². The molecule has 0 unspecified atom stereocenters. The van der Waals surface area contributed by atoms with Gasteiger partial charge in [0.15, 0.2) is 0 Å². The molecule has 0 aromatic heterocycles. The van der Waals surface area contributed by atoms with Crippen molar-refractivity contribution in [2.75, 3.05) is 4.90 Å². The molecule has 0 saturated heterocycles. The molecule has 0 spiro atoms. The number of amides is 2. The maximum atomic E-state index is 13.5. The molecule has 0 radical (unpaired) electrons. The van der Waals surface area contributed by atoms with Gasteiger partial charge in [0.2, 0.25) is 11.8 Å². The maximum absolute atomic E-state index is 13.5. The average Bonchev–Trinajstić information content (AvgIpc) is 3.18. The number of hydrogen-bond acceptors (Lipinski definition) is 4. The fraction of sp³-hybridized carbons (Fsp3) is 0.200. The van der Waals surface area contributed by atoms with E-state index in [2.05, 4.69) is 5.32 Å². The van der Waals surface area contributed by atoms with E-state index < -0.39 is 30.4 Å². The van der Waals surface area contributed by atoms with Gasteiger partial charge in [0.05, 0.1) is 18.9 Å². The highest BCUT2D eigenvalue weighted by Gasteiger charge is 2.38. The smallest absolute Gasteiger partial charge is 0.305 e. The SMILES string of the molecule is O=C[C@H](CC(=O)O)NC(=O)[C@@H]1Cc2ccccc2N1C(=O)Cc1cccc2ccccc12. The lowest BCUT2D eigenvalue weighted by atomic mass is 10.0. The van der Waals surface area contributed by atoms with Gasteiger partial charge in [-0.05, 0) is 28.0 Å². The van der Waals surface area contributed by atoms with Crippen LogP contribution in [0.2, 0.25) is 0 Å². The molecule has 0 bridgehead atoms. The molecule has 0 fully saturated rings. The topological polar surface area (TPSA) is 104 Å². The summed E-state index contributed by atoms with van der Waals surface area (Å²) in [5.74, 6) is -1.99. The van der Waals surface area contributed by atoms with Crippen molar-refractivity contribution in [3.63, 3.8) is 0 Å². The largest absolute Gasteiger partial charge is 0.481 e. The first kappa shape index (κ1) is 21.2. The molecule has 4 rings (SSSR count). The van der Waals surface area contributed by atoms with Gasteiger partial charge in [0, 0.05) is 12.1 Å². The van der Waals surface area contributed by atoms with E-state index in [1.807, 2.05) is 54.6 Å². The average molecular weight is 430 g/mol. The Bertz CT molecular complexity index is 1200. The highest BCUT2D eigenvalue weighted by molar-refractivity contribution is 6.05. The van der Waals surface area contributed by atoms with Crippen molar-refractivity contribution in [2.24, 2.45) is 0 Å². The molecule has 3 aromatic rings. The molecule has 7 heteroatoms. The van der Waals surface area contributed by atoms with Crippen LogP contribution in [0.25, 0.3) is 10.8 Å². The van der Waals surface area contributed by atoms with Gasteiger partial charge in [0.25, 0.3) is 0 Å². The van der Waals surface area contributed by atoms with Crippen molar-refractivity contribution < 1.29 is 24.3 Å². The molecule has 2 amide bonds. The van der Waals surface area contributed by atoms with Crippen LogP contribution < -0.4 is 10.2 Å². The van der Waals surface area contributed by atoms with E-state index in [-0.39, 0.29) is 12.3 Å². The lowest BCUT2D eigenvalue weighted by Crippen LogP contribution is -2.51. The minimum atomic E-state index is -1.19. The van der Waals surface area contributed by atoms with Gasteiger partial charge < -0.3 is 15.2 Å². The zero-order chi connectivity index (χ0) is 22.7. The number of nitrogens with one attached hydrogen (secondary N) is 1. The third-order valence-corrected chi connectivity index (χ3v) is 5.66. The zero-order valence-electron chi connectivity index (χ0n) is 17.2. The second kappa shape index (κ2) is 9.01. The quantitative estimate of drug-likeness (QED) is 0.561. The normalized spacial score (nSPS) is 15.8. The number of nitrogens with zero attached hydrogens (tertiary/aromatic N) is 1. The zero-order valence-corrected chi connectivity index (χ0v) is 17.2. The Hall–Kier alpha value is -4.00. The van der Waals surface area contributed by atoms with Crippen LogP contribution in [0.3, 0.4) is 0 Å². The number of carbonyl (C=O) groups is 4. The van der Waals surface area contributed by atoms with E-state index in [0.29, 0.717) is 18.4 Å². The number of rotatable bonds is 7. The Kier molecular flexibility index (Phi) is 5.98. The van der Waals surface area contributed by atoms with Crippen LogP contribution in [0.4, 0.5) is 5.69 Å². The van der Waals surface area contributed by atoms with E-state index in [9.17, 15) is 19.2 Å². The third kappa shape index (κ3) is 4.23. The summed E-state index contributed by atoms with van der Waals surface area (Å²) in [6.45, 7) is 0. The summed E-state index contributed by atoms with van der Waals surface area (Å²) >= 11 is 0. The van der Waals surface area contributed by atoms with Crippen LogP contribution in [0, 0.1) is 0 Å². The number of carboxylic acid groups (broad SMARTS) is 1. The molecule has 7 nitrogen and oxygen atoms in total. The van der Waals surface area contributed by atoms with Gasteiger partial charge in [-0.1, -0.05) is 60.7 Å². The van der Waals surface area contributed by atoms with Gasteiger partial charge in [-0.15, -0.1) is 0 Å². The van der Waals surface area contributed by atoms with Crippen molar-refractivity contribution in [3.05, 3.63) is 77.9 Å². The number of para-hydroxylation sites is 1. The van der Waals surface area contributed by atoms with Crippen molar-refractivity contribution in [2.45, 2.75) is 31.3 Å². The standard InChI is InChI=1S/C25H22N2O5/c28-15-19(14-24(30)31)26-25(32)22-12-18-7-2-4-11-21(18)27(22)23(29)13-17-9-5-8-16-6-1-3-10-20(16)17/h1-11,15,19,22H,12-14H2,(H,26,32)(H,30,31)/t19-,22-/m0/s1. The Balaban J connectivity index is 1.62. The predicted molar refractivity (Wildman–Crippen MR) is 119 cm³/mol. The Morgan fingerprint density at radius 1 is 1.03 bits per heavy atom. The van der Waals surface area contributed by atoms with Gasteiger partial charge in [-0.2, -0.15) is 0 Å². The number of fused-ring (bicyclic) bond motifs is 2. The summed E-state index contributed by atoms with van der Waals surface area (Å²) in [5.41, 5.74) is 2.35. The van der Waals surface area contributed by atoms with Crippen LogP contribution in [0.1, 0.15) is 17.5 Å². The third-order valence-electron chi connectivity index (χ3n) is 5.66. The maximum Gasteiger partial charge on any atom is 0.305 e. The van der Waals surface area contributed by atoms with Gasteiger partial charge in [-0.25, -0.2) is 0 Å². The van der Waals surface area contributed by atoms with Crippen molar-refractivity contribution in [1.82, 2.24) is 5.32 Å². The van der Waals surface area contributed by atoms with Gasteiger partial charge in [0.1, 0.15) is 12.3 Å². The highest BCUT2D eigenvalue weighted by Crippen LogP contribution is 2.33. The highest BCUT2D eigenvalue weighted by atomic mass is 16.4. The van der Waals surface area contributed by atoms with Crippen LogP contribution in [-0.4, -0.2) is 41.3 Å². The second-order valence-electron chi connectivity index (χ2n) is 7.78. The van der Waals surface area contributed by atoms with E-state index in [1.165, 1.54) is 4.90 Å². The lowest BCUT2D eigenvalue weighted by Gasteiger charge is -2.26. The summed E-state index contributed by atoms with van der Waals surface area (Å²) in [7, 11) is 0. The molecule has 0 saturated carbocycles.